The van der Waals surface area contributed by atoms with E-state index in [9.17, 15) is 0 Å². The average molecular weight is 925 g/mol. The van der Waals surface area contributed by atoms with Crippen LogP contribution >= 0.6 is 0 Å². The van der Waals surface area contributed by atoms with E-state index in [2.05, 4.69) is 278 Å². The number of hydrogen-bond donors (Lipinski definition) is 0. The predicted molar refractivity (Wildman–Crippen MR) is 306 cm³/mol. The summed E-state index contributed by atoms with van der Waals surface area (Å²) in [7, 11) is 0. The molecule has 0 atom stereocenters. The molecule has 4 heterocycles. The van der Waals surface area contributed by atoms with Crippen LogP contribution in [0.25, 0.3) is 44.1 Å². The summed E-state index contributed by atoms with van der Waals surface area (Å²) in [6.45, 7) is 27.7. The lowest BCUT2D eigenvalue weighted by molar-refractivity contribution is 0.590. The van der Waals surface area contributed by atoms with Gasteiger partial charge in [0, 0.05) is 61.6 Å². The SMILES string of the molecule is CC(C)(C)c1ccc(N2c3ccc(C(C)(C)C)cc3B3c4c2cccc4N(c2ccc(C(C)(C)C)cc2)c2c3n(-c3ccccc3)c3c2ccc2c4cc(C(C)(C)C)ccc4n(-c4ccccc4)c23)cc1. The third-order valence-corrected chi connectivity index (χ3v) is 15.5. The van der Waals surface area contributed by atoms with Gasteiger partial charge in [-0.25, -0.2) is 0 Å². The molecule has 0 radical (unpaired) electrons. The normalized spacial score (nSPS) is 13.8. The van der Waals surface area contributed by atoms with E-state index in [1.165, 1.54) is 94.2 Å². The second-order valence-corrected chi connectivity index (χ2v) is 24.3. The van der Waals surface area contributed by atoms with Gasteiger partial charge in [0.05, 0.1) is 22.2 Å². The zero-order chi connectivity index (χ0) is 49.5. The molecule has 0 saturated heterocycles. The molecule has 71 heavy (non-hydrogen) atoms. The first kappa shape index (κ1) is 44.9. The van der Waals surface area contributed by atoms with Crippen LogP contribution in [0.4, 0.5) is 34.1 Å². The Balaban J connectivity index is 1.28. The first-order valence-electron chi connectivity index (χ1n) is 25.6. The molecule has 0 saturated carbocycles. The largest absolute Gasteiger partial charge is 0.318 e. The number of rotatable bonds is 4. The topological polar surface area (TPSA) is 16.3 Å². The van der Waals surface area contributed by atoms with Gasteiger partial charge in [-0.15, -0.1) is 0 Å². The molecular weight excluding hydrogens is 860 g/mol. The van der Waals surface area contributed by atoms with Crippen molar-refractivity contribution in [2.24, 2.45) is 0 Å². The van der Waals surface area contributed by atoms with Gasteiger partial charge in [-0.2, -0.15) is 0 Å². The van der Waals surface area contributed by atoms with Crippen LogP contribution in [0.3, 0.4) is 0 Å². The van der Waals surface area contributed by atoms with E-state index >= 15 is 0 Å². The number of nitrogens with zero attached hydrogens (tertiary/aromatic N) is 4. The van der Waals surface area contributed by atoms with Crippen LogP contribution in [0, 0.1) is 0 Å². The zero-order valence-electron chi connectivity index (χ0n) is 43.6. The van der Waals surface area contributed by atoms with E-state index in [1.807, 2.05) is 0 Å². The van der Waals surface area contributed by atoms with Gasteiger partial charge in [-0.3, -0.25) is 0 Å². The molecule has 4 nitrogen and oxygen atoms in total. The fourth-order valence-electron chi connectivity index (χ4n) is 11.7. The fourth-order valence-corrected chi connectivity index (χ4v) is 11.7. The van der Waals surface area contributed by atoms with Crippen molar-refractivity contribution in [2.75, 3.05) is 9.80 Å². The molecule has 0 fully saturated rings. The van der Waals surface area contributed by atoms with Crippen LogP contribution in [0.15, 0.2) is 176 Å². The highest BCUT2D eigenvalue weighted by Gasteiger charge is 2.47. The van der Waals surface area contributed by atoms with Crippen molar-refractivity contribution in [1.29, 1.82) is 0 Å². The molecule has 2 aliphatic heterocycles. The Morgan fingerprint density at radius 3 is 1.37 bits per heavy atom. The van der Waals surface area contributed by atoms with Gasteiger partial charge in [-0.05, 0) is 140 Å². The molecule has 0 aliphatic carbocycles. The number of para-hydroxylation sites is 2. The standard InChI is InChI=1S/C66H65BN4/c1-63(2,3)42-26-32-48(33-27-42)68-55-39-31-45(66(10,11)12)41-53(55)67-58-56(68)24-19-25-57(58)70(49-34-28-43(29-35-49)64(4,5)6)61-51-37-36-50-52-40-44(65(7,8)9)30-38-54(52)69(46-20-15-13-16-21-46)59(50)60(51)71(62(61)67)47-22-17-14-18-23-47/h13-41H,1-12H3. The number of aromatic nitrogens is 2. The van der Waals surface area contributed by atoms with Crippen molar-refractivity contribution >= 4 is 90.1 Å². The van der Waals surface area contributed by atoms with Gasteiger partial charge >= 0.3 is 0 Å². The van der Waals surface area contributed by atoms with Crippen LogP contribution in [-0.2, 0) is 21.7 Å². The zero-order valence-corrected chi connectivity index (χ0v) is 43.6. The molecule has 12 rings (SSSR count). The Hall–Kier alpha value is -7.24. The van der Waals surface area contributed by atoms with Crippen molar-refractivity contribution in [3.05, 3.63) is 198 Å². The van der Waals surface area contributed by atoms with Crippen molar-refractivity contribution in [3.63, 3.8) is 0 Å². The summed E-state index contributed by atoms with van der Waals surface area (Å²) in [5.41, 5.74) is 22.2. The van der Waals surface area contributed by atoms with E-state index in [-0.39, 0.29) is 28.4 Å². The Kier molecular flexibility index (Phi) is 9.89. The van der Waals surface area contributed by atoms with Gasteiger partial charge in [0.15, 0.2) is 0 Å². The third kappa shape index (κ3) is 7.01. The van der Waals surface area contributed by atoms with Crippen LogP contribution in [0.5, 0.6) is 0 Å². The Labute approximate surface area is 421 Å². The highest BCUT2D eigenvalue weighted by molar-refractivity contribution is 7.00. The quantitative estimate of drug-likeness (QED) is 0.164. The van der Waals surface area contributed by atoms with E-state index in [1.54, 1.807) is 0 Å². The van der Waals surface area contributed by atoms with E-state index < -0.39 is 0 Å². The summed E-state index contributed by atoms with van der Waals surface area (Å²) < 4.78 is 5.21. The van der Waals surface area contributed by atoms with Gasteiger partial charge in [0.1, 0.15) is 0 Å². The minimum absolute atomic E-state index is 0.00670. The molecule has 352 valence electrons. The van der Waals surface area contributed by atoms with Crippen molar-refractivity contribution in [2.45, 2.75) is 105 Å². The van der Waals surface area contributed by atoms with Crippen LogP contribution < -0.4 is 26.3 Å². The summed E-state index contributed by atoms with van der Waals surface area (Å²) in [5, 5.41) is 3.73. The van der Waals surface area contributed by atoms with Gasteiger partial charge in [-0.1, -0.05) is 174 Å². The van der Waals surface area contributed by atoms with Crippen molar-refractivity contribution in [1.82, 2.24) is 9.13 Å². The highest BCUT2D eigenvalue weighted by atomic mass is 15.2. The molecule has 8 aromatic carbocycles. The number of benzene rings is 8. The lowest BCUT2D eigenvalue weighted by Crippen LogP contribution is -2.63. The molecule has 2 aliphatic rings. The molecule has 0 bridgehead atoms. The van der Waals surface area contributed by atoms with Gasteiger partial charge in [0.25, 0.3) is 6.71 Å². The smallest absolute Gasteiger partial charge is 0.273 e. The Bertz CT molecular complexity index is 3720. The number of fused-ring (bicyclic) bond motifs is 10. The number of hydrogen-bond acceptors (Lipinski definition) is 2. The maximum atomic E-state index is 2.66. The summed E-state index contributed by atoms with van der Waals surface area (Å²) in [6.07, 6.45) is 0. The monoisotopic (exact) mass is 925 g/mol. The minimum atomic E-state index is -0.117. The van der Waals surface area contributed by atoms with Crippen molar-refractivity contribution in [3.8, 4) is 11.4 Å². The average Bonchev–Trinajstić information content (AvgIpc) is 3.86. The molecule has 0 unspecified atom stereocenters. The molecule has 0 spiro atoms. The van der Waals surface area contributed by atoms with Gasteiger partial charge in [0.2, 0.25) is 0 Å². The first-order chi connectivity index (χ1) is 33.8. The second-order valence-electron chi connectivity index (χ2n) is 24.3. The minimum Gasteiger partial charge on any atom is -0.318 e. The van der Waals surface area contributed by atoms with Crippen LogP contribution in [-0.4, -0.2) is 15.8 Å². The first-order valence-corrected chi connectivity index (χ1v) is 25.6. The fraction of sp³-hybridized carbons (Fsp3) is 0.242. The second kappa shape index (κ2) is 15.6. The van der Waals surface area contributed by atoms with Crippen molar-refractivity contribution < 1.29 is 0 Å². The third-order valence-electron chi connectivity index (χ3n) is 15.5. The molecule has 5 heteroatoms. The lowest BCUT2D eigenvalue weighted by Gasteiger charge is -2.44. The molecule has 0 amide bonds. The Morgan fingerprint density at radius 1 is 0.338 bits per heavy atom. The summed E-state index contributed by atoms with van der Waals surface area (Å²) in [5.74, 6) is 0. The van der Waals surface area contributed by atoms with E-state index in [0.717, 1.165) is 22.7 Å². The van der Waals surface area contributed by atoms with Gasteiger partial charge < -0.3 is 18.9 Å². The van der Waals surface area contributed by atoms with E-state index in [0.29, 0.717) is 0 Å². The molecular formula is C66H65BN4. The summed E-state index contributed by atoms with van der Waals surface area (Å²) >= 11 is 0. The highest BCUT2D eigenvalue weighted by Crippen LogP contribution is 2.50. The van der Waals surface area contributed by atoms with Crippen LogP contribution in [0.1, 0.15) is 105 Å². The molecule has 2 aromatic heterocycles. The maximum Gasteiger partial charge on any atom is 0.273 e. The maximum absolute atomic E-state index is 2.66. The lowest BCUT2D eigenvalue weighted by atomic mass is 9.34. The molecule has 10 aromatic rings. The summed E-state index contributed by atoms with van der Waals surface area (Å²) in [4.78, 5) is 5.15. The summed E-state index contributed by atoms with van der Waals surface area (Å²) in [6, 6.07) is 67.3. The van der Waals surface area contributed by atoms with Crippen LogP contribution in [0.2, 0.25) is 0 Å². The molecule has 0 N–H and O–H groups in total. The Morgan fingerprint density at radius 2 is 0.803 bits per heavy atom. The predicted octanol–water partition coefficient (Wildman–Crippen LogP) is 16.0. The van der Waals surface area contributed by atoms with E-state index in [4.69, 9.17) is 0 Å². The number of anilines is 6.